The first-order valence-corrected chi connectivity index (χ1v) is 7.38. The van der Waals surface area contributed by atoms with Gasteiger partial charge in [0.1, 0.15) is 17.7 Å². The van der Waals surface area contributed by atoms with Gasteiger partial charge in [-0.05, 0) is 45.4 Å². The van der Waals surface area contributed by atoms with E-state index in [-0.39, 0.29) is 18.6 Å². The number of ether oxygens (including phenoxy) is 1. The third-order valence-corrected chi connectivity index (χ3v) is 3.86. The number of rotatable bonds is 2. The smallest absolute Gasteiger partial charge is 0.408 e. The highest BCUT2D eigenvalue weighted by Crippen LogP contribution is 2.36. The zero-order chi connectivity index (χ0) is 17.4. The van der Waals surface area contributed by atoms with Crippen molar-refractivity contribution in [2.45, 2.75) is 51.0 Å². The minimum Gasteiger partial charge on any atom is -0.465 e. The van der Waals surface area contributed by atoms with Crippen molar-refractivity contribution < 1.29 is 28.5 Å². The molecule has 0 spiro atoms. The molecular weight excluding hydrogens is 308 g/mol. The highest BCUT2D eigenvalue weighted by atomic mass is 19.1. The maximum absolute atomic E-state index is 14.1. The van der Waals surface area contributed by atoms with E-state index in [2.05, 4.69) is 0 Å². The molecule has 0 radical (unpaired) electrons. The quantitative estimate of drug-likeness (QED) is 0.875. The molecule has 3 atom stereocenters. The van der Waals surface area contributed by atoms with Crippen LogP contribution >= 0.6 is 0 Å². The van der Waals surface area contributed by atoms with Crippen LogP contribution in [0.4, 0.5) is 13.6 Å². The molecule has 5 nitrogen and oxygen atoms in total. The zero-order valence-electron chi connectivity index (χ0n) is 13.3. The second-order valence-electron chi connectivity index (χ2n) is 6.70. The lowest BCUT2D eigenvalue weighted by atomic mass is 9.90. The van der Waals surface area contributed by atoms with Gasteiger partial charge >= 0.3 is 6.09 Å². The first-order valence-electron chi connectivity index (χ1n) is 7.38. The van der Waals surface area contributed by atoms with Gasteiger partial charge in [0, 0.05) is 11.1 Å². The predicted octanol–water partition coefficient (Wildman–Crippen LogP) is 2.93. The standard InChI is InChI=1S/C16H21F2NO4/c1-16(2,3)19(15(21)22)13-7-10(20)8-23-14(13)11-6-9(17)4-5-12(11)18/h4-6,10,13-14,20H,7-8H2,1-3H3,(H,21,22)/t10?,13-,14+/m0/s1. The lowest BCUT2D eigenvalue weighted by molar-refractivity contribution is -0.115. The van der Waals surface area contributed by atoms with Gasteiger partial charge in [0.05, 0.1) is 18.8 Å². The van der Waals surface area contributed by atoms with Crippen molar-refractivity contribution in [1.29, 1.82) is 0 Å². The van der Waals surface area contributed by atoms with Crippen LogP contribution in [0.25, 0.3) is 0 Å². The maximum Gasteiger partial charge on any atom is 0.408 e. The fourth-order valence-electron chi connectivity index (χ4n) is 2.99. The Kier molecular flexibility index (Phi) is 4.91. The number of hydrogen-bond acceptors (Lipinski definition) is 3. The van der Waals surface area contributed by atoms with Gasteiger partial charge in [0.25, 0.3) is 0 Å². The second-order valence-corrected chi connectivity index (χ2v) is 6.70. The van der Waals surface area contributed by atoms with Crippen LogP contribution in [0, 0.1) is 11.6 Å². The summed E-state index contributed by atoms with van der Waals surface area (Å²) in [5, 5.41) is 19.4. The number of nitrogens with zero attached hydrogens (tertiary/aromatic N) is 1. The van der Waals surface area contributed by atoms with Crippen molar-refractivity contribution in [3.63, 3.8) is 0 Å². The third kappa shape index (κ3) is 3.79. The third-order valence-electron chi connectivity index (χ3n) is 3.86. The maximum atomic E-state index is 14.1. The molecule has 0 bridgehead atoms. The van der Waals surface area contributed by atoms with Crippen molar-refractivity contribution in [2.24, 2.45) is 0 Å². The van der Waals surface area contributed by atoms with Crippen LogP contribution in [0.5, 0.6) is 0 Å². The van der Waals surface area contributed by atoms with Crippen LogP contribution < -0.4 is 0 Å². The average Bonchev–Trinajstić information content (AvgIpc) is 2.40. The molecule has 1 heterocycles. The zero-order valence-corrected chi connectivity index (χ0v) is 13.3. The van der Waals surface area contributed by atoms with E-state index in [9.17, 15) is 23.8 Å². The normalized spacial score (nSPS) is 25.2. The highest BCUT2D eigenvalue weighted by Gasteiger charge is 2.43. The van der Waals surface area contributed by atoms with Crippen molar-refractivity contribution in [3.8, 4) is 0 Å². The van der Waals surface area contributed by atoms with E-state index in [1.807, 2.05) is 0 Å². The number of hydrogen-bond donors (Lipinski definition) is 2. The molecule has 1 aromatic rings. The molecule has 0 saturated carbocycles. The largest absolute Gasteiger partial charge is 0.465 e. The van der Waals surface area contributed by atoms with Crippen LogP contribution in [0.1, 0.15) is 38.9 Å². The van der Waals surface area contributed by atoms with Gasteiger partial charge in [0.15, 0.2) is 0 Å². The molecule has 1 unspecified atom stereocenters. The summed E-state index contributed by atoms with van der Waals surface area (Å²) >= 11 is 0. The number of halogens is 2. The molecule has 2 rings (SSSR count). The monoisotopic (exact) mass is 329 g/mol. The molecule has 1 fully saturated rings. The first-order chi connectivity index (χ1) is 10.6. The number of carboxylic acid groups (broad SMARTS) is 1. The number of aliphatic hydroxyl groups is 1. The van der Waals surface area contributed by atoms with Crippen LogP contribution in [-0.4, -0.2) is 45.5 Å². The lowest BCUT2D eigenvalue weighted by Crippen LogP contribution is -2.56. The summed E-state index contributed by atoms with van der Waals surface area (Å²) < 4.78 is 33.1. The molecule has 1 aromatic carbocycles. The average molecular weight is 329 g/mol. The molecular formula is C16H21F2NO4. The Bertz CT molecular complexity index is 588. The van der Waals surface area contributed by atoms with Gasteiger partial charge in [-0.1, -0.05) is 0 Å². The van der Waals surface area contributed by atoms with Gasteiger partial charge < -0.3 is 14.9 Å². The molecule has 1 aliphatic rings. The SMILES string of the molecule is CC(C)(C)N(C(=O)O)[C@H]1CC(O)CO[C@@H]1c1cc(F)ccc1F. The summed E-state index contributed by atoms with van der Waals surface area (Å²) in [7, 11) is 0. The minimum absolute atomic E-state index is 0.0441. The van der Waals surface area contributed by atoms with E-state index in [0.29, 0.717) is 0 Å². The molecule has 7 heteroatoms. The van der Waals surface area contributed by atoms with E-state index < -0.39 is 41.5 Å². The van der Waals surface area contributed by atoms with Crippen molar-refractivity contribution >= 4 is 6.09 Å². The highest BCUT2D eigenvalue weighted by molar-refractivity contribution is 5.66. The summed E-state index contributed by atoms with van der Waals surface area (Å²) in [6, 6.07) is 2.16. The van der Waals surface area contributed by atoms with Crippen molar-refractivity contribution in [3.05, 3.63) is 35.4 Å². The van der Waals surface area contributed by atoms with Crippen LogP contribution in [0.3, 0.4) is 0 Å². The van der Waals surface area contributed by atoms with Crippen molar-refractivity contribution in [1.82, 2.24) is 4.90 Å². The Morgan fingerprint density at radius 3 is 2.57 bits per heavy atom. The first kappa shape index (κ1) is 17.6. The number of amides is 1. The van der Waals surface area contributed by atoms with Gasteiger partial charge in [0.2, 0.25) is 0 Å². The Morgan fingerprint density at radius 1 is 1.35 bits per heavy atom. The van der Waals surface area contributed by atoms with Gasteiger partial charge in [-0.2, -0.15) is 0 Å². The summed E-state index contributed by atoms with van der Waals surface area (Å²) in [6.07, 6.45) is -2.96. The number of benzene rings is 1. The van der Waals surface area contributed by atoms with Gasteiger partial charge in [-0.3, -0.25) is 4.90 Å². The summed E-state index contributed by atoms with van der Waals surface area (Å²) in [5.41, 5.74) is -0.837. The lowest BCUT2D eigenvalue weighted by Gasteiger charge is -2.46. The molecule has 0 aliphatic carbocycles. The summed E-state index contributed by atoms with van der Waals surface area (Å²) in [6.45, 7) is 5.03. The molecule has 128 valence electrons. The van der Waals surface area contributed by atoms with E-state index in [1.54, 1.807) is 20.8 Å². The van der Waals surface area contributed by atoms with E-state index in [1.165, 1.54) is 0 Å². The topological polar surface area (TPSA) is 70.0 Å². The fraction of sp³-hybridized carbons (Fsp3) is 0.562. The summed E-state index contributed by atoms with van der Waals surface area (Å²) in [5.74, 6) is -1.30. The Hall–Kier alpha value is -1.73. The molecule has 0 aromatic heterocycles. The van der Waals surface area contributed by atoms with Crippen molar-refractivity contribution in [2.75, 3.05) is 6.61 Å². The minimum atomic E-state index is -1.21. The molecule has 1 saturated heterocycles. The van der Waals surface area contributed by atoms with E-state index >= 15 is 0 Å². The van der Waals surface area contributed by atoms with Gasteiger partial charge in [-0.15, -0.1) is 0 Å². The molecule has 23 heavy (non-hydrogen) atoms. The predicted molar refractivity (Wildman–Crippen MR) is 79.1 cm³/mol. The van der Waals surface area contributed by atoms with E-state index in [4.69, 9.17) is 4.74 Å². The van der Waals surface area contributed by atoms with Crippen LogP contribution in [0.2, 0.25) is 0 Å². The Labute approximate surface area is 133 Å². The van der Waals surface area contributed by atoms with Crippen LogP contribution in [-0.2, 0) is 4.74 Å². The molecule has 2 N–H and O–H groups in total. The van der Waals surface area contributed by atoms with Gasteiger partial charge in [-0.25, -0.2) is 13.6 Å². The summed E-state index contributed by atoms with van der Waals surface area (Å²) in [4.78, 5) is 12.8. The number of aliphatic hydroxyl groups excluding tert-OH is 1. The fourth-order valence-corrected chi connectivity index (χ4v) is 2.99. The second kappa shape index (κ2) is 6.41. The van der Waals surface area contributed by atoms with Crippen LogP contribution in [0.15, 0.2) is 18.2 Å². The number of carbonyl (C=O) groups is 1. The Balaban J connectivity index is 2.47. The van der Waals surface area contributed by atoms with E-state index in [0.717, 1.165) is 23.1 Å². The molecule has 1 amide bonds. The molecule has 1 aliphatic heterocycles. The Morgan fingerprint density at radius 2 is 2.00 bits per heavy atom.